The highest BCUT2D eigenvalue weighted by molar-refractivity contribution is 6.31. The average molecular weight is 731 g/mol. The SMILES string of the molecule is C=C(C)c1cccc(C(C)(C)NCOOCCNc2cccc3c2C(=O)c2cccc(NCCOC(=O)NC(C)(C)c4cccc(C(=C)C)c4)c2C3=O)c1. The van der Waals surface area contributed by atoms with Gasteiger partial charge < -0.3 is 20.7 Å². The minimum atomic E-state index is -0.684. The van der Waals surface area contributed by atoms with E-state index in [1.165, 1.54) is 0 Å². The van der Waals surface area contributed by atoms with Gasteiger partial charge in [0.1, 0.15) is 13.3 Å². The Morgan fingerprint density at radius 1 is 0.648 bits per heavy atom. The first-order valence-electron chi connectivity index (χ1n) is 18.0. The highest BCUT2D eigenvalue weighted by Crippen LogP contribution is 2.35. The summed E-state index contributed by atoms with van der Waals surface area (Å²) < 4.78 is 5.46. The zero-order valence-corrected chi connectivity index (χ0v) is 32.0. The maximum Gasteiger partial charge on any atom is 0.407 e. The summed E-state index contributed by atoms with van der Waals surface area (Å²) >= 11 is 0. The number of ether oxygens (including phenoxy) is 1. The molecule has 1 amide bonds. The van der Waals surface area contributed by atoms with E-state index in [4.69, 9.17) is 14.5 Å². The minimum Gasteiger partial charge on any atom is -0.448 e. The Labute approximate surface area is 317 Å². The van der Waals surface area contributed by atoms with Crippen LogP contribution < -0.4 is 21.3 Å². The van der Waals surface area contributed by atoms with Crippen molar-refractivity contribution in [2.24, 2.45) is 0 Å². The molecular formula is C44H50N4O6. The van der Waals surface area contributed by atoms with Crippen molar-refractivity contribution in [1.29, 1.82) is 0 Å². The van der Waals surface area contributed by atoms with Crippen LogP contribution in [0.4, 0.5) is 16.2 Å². The molecule has 1 aliphatic rings. The number of allylic oxidation sites excluding steroid dienone is 2. The lowest BCUT2D eigenvalue weighted by atomic mass is 9.82. The van der Waals surface area contributed by atoms with Crippen LogP contribution in [0.1, 0.15) is 95.6 Å². The summed E-state index contributed by atoms with van der Waals surface area (Å²) in [6, 6.07) is 26.3. The number of rotatable bonds is 17. The van der Waals surface area contributed by atoms with Gasteiger partial charge >= 0.3 is 6.09 Å². The first-order chi connectivity index (χ1) is 25.7. The van der Waals surface area contributed by atoms with Gasteiger partial charge in [0.25, 0.3) is 0 Å². The van der Waals surface area contributed by atoms with Gasteiger partial charge in [-0.15, -0.1) is 0 Å². The van der Waals surface area contributed by atoms with Crippen molar-refractivity contribution in [2.75, 3.05) is 43.7 Å². The van der Waals surface area contributed by atoms with E-state index in [0.29, 0.717) is 34.6 Å². The fourth-order valence-corrected chi connectivity index (χ4v) is 6.22. The van der Waals surface area contributed by atoms with E-state index in [0.717, 1.165) is 33.4 Å². The topological polar surface area (TPSA) is 127 Å². The number of nitrogens with one attached hydrogen (secondary N) is 4. The maximum absolute atomic E-state index is 13.8. The first-order valence-corrected chi connectivity index (χ1v) is 18.0. The van der Waals surface area contributed by atoms with Crippen LogP contribution in [0.5, 0.6) is 0 Å². The number of ketones is 2. The molecule has 282 valence electrons. The van der Waals surface area contributed by atoms with E-state index in [-0.39, 0.29) is 49.2 Å². The number of fused-ring (bicyclic) bond motifs is 2. The zero-order valence-electron chi connectivity index (χ0n) is 32.0. The van der Waals surface area contributed by atoms with E-state index in [9.17, 15) is 14.4 Å². The number of hydrogen-bond acceptors (Lipinski definition) is 9. The molecule has 0 fully saturated rings. The predicted octanol–water partition coefficient (Wildman–Crippen LogP) is 8.44. The van der Waals surface area contributed by atoms with Crippen LogP contribution in [0.25, 0.3) is 11.1 Å². The monoisotopic (exact) mass is 730 g/mol. The molecule has 10 nitrogen and oxygen atoms in total. The van der Waals surface area contributed by atoms with Gasteiger partial charge in [-0.3, -0.25) is 14.9 Å². The second-order valence-electron chi connectivity index (χ2n) is 14.5. The molecule has 4 aromatic rings. The summed E-state index contributed by atoms with van der Waals surface area (Å²) in [7, 11) is 0. The largest absolute Gasteiger partial charge is 0.448 e. The van der Waals surface area contributed by atoms with Crippen molar-refractivity contribution in [1.82, 2.24) is 10.6 Å². The fraction of sp³-hybridized carbons (Fsp3) is 0.295. The second kappa shape index (κ2) is 17.1. The van der Waals surface area contributed by atoms with Crippen molar-refractivity contribution in [3.63, 3.8) is 0 Å². The Bertz CT molecular complexity index is 2070. The number of hydrogen-bond donors (Lipinski definition) is 4. The average Bonchev–Trinajstić information content (AvgIpc) is 3.14. The standard InChI is InChI=1S/C44H50N4O6/c1-28(2)30-13-9-15-32(25-30)43(5,6)47-27-54-53-24-22-46-37-20-12-18-35-39(37)41(50)34-17-11-19-36(38(34)40(35)49)45-21-23-52-42(51)48-44(7,8)33-16-10-14-31(26-33)29(3)4/h9-20,25-26,45-47H,1,3,21-24,27H2,2,4-8H3,(H,48,51). The number of alkyl carbamates (subject to hydrolysis) is 1. The molecule has 0 heterocycles. The third kappa shape index (κ3) is 9.32. The maximum atomic E-state index is 13.8. The third-order valence-electron chi connectivity index (χ3n) is 9.45. The normalized spacial score (nSPS) is 12.4. The number of carbonyl (C=O) groups excluding carboxylic acids is 3. The Balaban J connectivity index is 1.12. The highest BCUT2D eigenvalue weighted by atomic mass is 17.2. The lowest BCUT2D eigenvalue weighted by molar-refractivity contribution is -0.298. The van der Waals surface area contributed by atoms with Gasteiger partial charge in [0.15, 0.2) is 11.6 Å². The van der Waals surface area contributed by atoms with E-state index >= 15 is 0 Å². The van der Waals surface area contributed by atoms with Gasteiger partial charge in [0.05, 0.1) is 23.3 Å². The Morgan fingerprint density at radius 3 is 1.65 bits per heavy atom. The molecule has 0 saturated carbocycles. The summed E-state index contributed by atoms with van der Waals surface area (Å²) in [6.45, 7) is 20.8. The van der Waals surface area contributed by atoms with Crippen LogP contribution in [0.2, 0.25) is 0 Å². The molecule has 0 bridgehead atoms. The molecule has 0 aliphatic heterocycles. The molecule has 5 rings (SSSR count). The number of amides is 1. The molecule has 0 radical (unpaired) electrons. The molecule has 54 heavy (non-hydrogen) atoms. The van der Waals surface area contributed by atoms with Crippen molar-refractivity contribution >= 4 is 40.2 Å². The molecular weight excluding hydrogens is 681 g/mol. The minimum absolute atomic E-state index is 0.0348. The molecule has 0 atom stereocenters. The lowest BCUT2D eigenvalue weighted by Gasteiger charge is -2.27. The van der Waals surface area contributed by atoms with Crippen LogP contribution in [0, 0.1) is 0 Å². The Hall–Kier alpha value is -5.55. The van der Waals surface area contributed by atoms with Crippen molar-refractivity contribution in [3.05, 3.63) is 143 Å². The van der Waals surface area contributed by atoms with E-state index < -0.39 is 11.6 Å². The summed E-state index contributed by atoms with van der Waals surface area (Å²) in [6.07, 6.45) is -0.573. The van der Waals surface area contributed by atoms with Crippen LogP contribution in [0.15, 0.2) is 98.1 Å². The summed E-state index contributed by atoms with van der Waals surface area (Å²) in [5.41, 5.74) is 7.20. The third-order valence-corrected chi connectivity index (χ3v) is 9.45. The van der Waals surface area contributed by atoms with Gasteiger partial charge in [0.2, 0.25) is 0 Å². The van der Waals surface area contributed by atoms with Crippen molar-refractivity contribution < 1.29 is 28.9 Å². The summed E-state index contributed by atoms with van der Waals surface area (Å²) in [5, 5.41) is 12.7. The van der Waals surface area contributed by atoms with Crippen LogP contribution in [0.3, 0.4) is 0 Å². The first kappa shape index (κ1) is 39.7. The highest BCUT2D eigenvalue weighted by Gasteiger charge is 2.33. The smallest absolute Gasteiger partial charge is 0.407 e. The van der Waals surface area contributed by atoms with Crippen molar-refractivity contribution in [3.8, 4) is 0 Å². The van der Waals surface area contributed by atoms with Gasteiger partial charge in [0, 0.05) is 41.1 Å². The molecule has 0 saturated heterocycles. The Kier molecular flexibility index (Phi) is 12.5. The molecule has 0 aromatic heterocycles. The Morgan fingerprint density at radius 2 is 1.13 bits per heavy atom. The molecule has 1 aliphatic carbocycles. The molecule has 4 aromatic carbocycles. The zero-order chi connectivity index (χ0) is 39.0. The van der Waals surface area contributed by atoms with Crippen LogP contribution in [-0.4, -0.2) is 50.7 Å². The van der Waals surface area contributed by atoms with Gasteiger partial charge in [-0.25, -0.2) is 14.6 Å². The number of carbonyl (C=O) groups is 3. The van der Waals surface area contributed by atoms with Crippen LogP contribution >= 0.6 is 0 Å². The fourth-order valence-electron chi connectivity index (χ4n) is 6.22. The molecule has 0 unspecified atom stereocenters. The van der Waals surface area contributed by atoms with Gasteiger partial charge in [-0.1, -0.05) is 85.0 Å². The molecule has 10 heteroatoms. The van der Waals surface area contributed by atoms with E-state index in [1.54, 1.807) is 36.4 Å². The second-order valence-corrected chi connectivity index (χ2v) is 14.5. The van der Waals surface area contributed by atoms with Gasteiger partial charge in [-0.2, -0.15) is 0 Å². The number of anilines is 2. The number of benzene rings is 4. The quantitative estimate of drug-likeness (QED) is 0.0323. The predicted molar refractivity (Wildman–Crippen MR) is 215 cm³/mol. The van der Waals surface area contributed by atoms with E-state index in [2.05, 4.69) is 60.4 Å². The van der Waals surface area contributed by atoms with Gasteiger partial charge in [-0.05, 0) is 88.1 Å². The summed E-state index contributed by atoms with van der Waals surface area (Å²) in [5.74, 6) is -0.537. The molecule has 4 N–H and O–H groups in total. The van der Waals surface area contributed by atoms with Crippen LogP contribution in [-0.2, 0) is 25.6 Å². The lowest BCUT2D eigenvalue weighted by Crippen LogP contribution is -2.41. The molecule has 0 spiro atoms. The summed E-state index contributed by atoms with van der Waals surface area (Å²) in [4.78, 5) is 51.1. The van der Waals surface area contributed by atoms with Crippen molar-refractivity contribution in [2.45, 2.75) is 52.6 Å². The van der Waals surface area contributed by atoms with E-state index in [1.807, 2.05) is 64.1 Å².